The van der Waals surface area contributed by atoms with Crippen LogP contribution in [-0.2, 0) is 20.2 Å². The minimum Gasteiger partial charge on any atom is -0.378 e. The van der Waals surface area contributed by atoms with Gasteiger partial charge in [-0.15, -0.1) is 0 Å². The van der Waals surface area contributed by atoms with Crippen LogP contribution in [0, 0.1) is 13.8 Å². The van der Waals surface area contributed by atoms with Gasteiger partial charge in [-0.3, -0.25) is 0 Å². The molecule has 0 aliphatic heterocycles. The highest BCUT2D eigenvalue weighted by atomic mass is 32.2. The van der Waals surface area contributed by atoms with Gasteiger partial charge in [-0.1, -0.05) is 96.1 Å². The summed E-state index contributed by atoms with van der Waals surface area (Å²) in [4.78, 5) is 0.00658. The van der Waals surface area contributed by atoms with Crippen molar-refractivity contribution in [1.29, 1.82) is 0 Å². The van der Waals surface area contributed by atoms with Crippen molar-refractivity contribution in [2.24, 2.45) is 0 Å². The Morgan fingerprint density at radius 3 is 1.17 bits per heavy atom. The molecule has 0 fully saturated rings. The van der Waals surface area contributed by atoms with E-state index >= 15 is 0 Å². The molecule has 6 nitrogen and oxygen atoms in total. The molecule has 0 radical (unpaired) electrons. The van der Waals surface area contributed by atoms with E-state index in [4.69, 9.17) is 8.37 Å². The normalized spacial score (nSPS) is 12.0. The van der Waals surface area contributed by atoms with Crippen molar-refractivity contribution in [2.75, 3.05) is 0 Å². The zero-order chi connectivity index (χ0) is 29.5. The predicted molar refractivity (Wildman–Crippen MR) is 165 cm³/mol. The van der Waals surface area contributed by atoms with Gasteiger partial charge in [0, 0.05) is 11.1 Å². The van der Waals surface area contributed by atoms with Gasteiger partial charge in [-0.2, -0.15) is 16.8 Å². The van der Waals surface area contributed by atoms with Gasteiger partial charge in [0.15, 0.2) is 11.5 Å². The molecule has 210 valence electrons. The lowest BCUT2D eigenvalue weighted by molar-refractivity contribution is 0.482. The van der Waals surface area contributed by atoms with Crippen LogP contribution in [0.1, 0.15) is 11.1 Å². The fourth-order valence-corrected chi connectivity index (χ4v) is 6.78. The van der Waals surface area contributed by atoms with E-state index in [1.165, 1.54) is 24.3 Å². The van der Waals surface area contributed by atoms with Crippen LogP contribution in [0.4, 0.5) is 0 Å². The molecule has 0 aliphatic rings. The Bertz CT molecular complexity index is 2010. The standard InChI is InChI=1S/C34H26O6S2/c1-23-11-17-27(18-12-23)41(35,36)39-31-21-15-25-7-3-5-9-29(25)33(31)34-30-10-6-4-8-26(30)16-22-32(34)40-42(37,38)28-19-13-24(2)14-20-28/h3-22H,1-2H3. The summed E-state index contributed by atoms with van der Waals surface area (Å²) in [6.45, 7) is 3.73. The highest BCUT2D eigenvalue weighted by Crippen LogP contribution is 2.46. The number of hydrogen-bond acceptors (Lipinski definition) is 6. The molecule has 0 unspecified atom stereocenters. The fraction of sp³-hybridized carbons (Fsp3) is 0.0588. The maximum Gasteiger partial charge on any atom is 0.339 e. The topological polar surface area (TPSA) is 86.7 Å². The molecule has 0 saturated carbocycles. The Balaban J connectivity index is 1.61. The van der Waals surface area contributed by atoms with Gasteiger partial charge in [0.2, 0.25) is 0 Å². The van der Waals surface area contributed by atoms with Crippen LogP contribution in [0.25, 0.3) is 32.7 Å². The third-order valence-corrected chi connectivity index (χ3v) is 9.55. The zero-order valence-corrected chi connectivity index (χ0v) is 24.4. The van der Waals surface area contributed by atoms with Gasteiger partial charge in [0.05, 0.1) is 0 Å². The molecule has 0 N–H and O–H groups in total. The Kier molecular flexibility index (Phi) is 6.96. The number of benzene rings is 6. The average Bonchev–Trinajstić information content (AvgIpc) is 2.97. The zero-order valence-electron chi connectivity index (χ0n) is 22.8. The van der Waals surface area contributed by atoms with Gasteiger partial charge in [0.25, 0.3) is 0 Å². The number of aryl methyl sites for hydroxylation is 2. The van der Waals surface area contributed by atoms with Gasteiger partial charge >= 0.3 is 20.2 Å². The van der Waals surface area contributed by atoms with E-state index in [9.17, 15) is 16.8 Å². The smallest absolute Gasteiger partial charge is 0.339 e. The lowest BCUT2D eigenvalue weighted by Gasteiger charge is -2.19. The van der Waals surface area contributed by atoms with Crippen LogP contribution in [0.2, 0.25) is 0 Å². The molecule has 0 aliphatic carbocycles. The molecule has 0 atom stereocenters. The summed E-state index contributed by atoms with van der Waals surface area (Å²) >= 11 is 0. The predicted octanol–water partition coefficient (Wildman–Crippen LogP) is 7.81. The van der Waals surface area contributed by atoms with E-state index in [-0.39, 0.29) is 21.3 Å². The SMILES string of the molecule is Cc1ccc(S(=O)(=O)Oc2ccc3ccccc3c2-c2c(OS(=O)(=O)c3ccc(C)cc3)ccc3ccccc23)cc1. The molecule has 0 saturated heterocycles. The van der Waals surface area contributed by atoms with Crippen molar-refractivity contribution in [3.05, 3.63) is 132 Å². The van der Waals surface area contributed by atoms with E-state index in [2.05, 4.69) is 0 Å². The Morgan fingerprint density at radius 2 is 0.786 bits per heavy atom. The molecule has 0 amide bonds. The van der Waals surface area contributed by atoms with Crippen molar-refractivity contribution in [1.82, 2.24) is 0 Å². The first kappa shape index (κ1) is 27.5. The van der Waals surface area contributed by atoms with Gasteiger partial charge < -0.3 is 8.37 Å². The number of rotatable bonds is 7. The maximum absolute atomic E-state index is 13.5. The largest absolute Gasteiger partial charge is 0.378 e. The third kappa shape index (κ3) is 5.22. The summed E-state index contributed by atoms with van der Waals surface area (Å²) in [6.07, 6.45) is 0. The van der Waals surface area contributed by atoms with E-state index in [1.807, 2.05) is 62.4 Å². The van der Waals surface area contributed by atoms with E-state index in [1.54, 1.807) is 48.5 Å². The Hall–Kier alpha value is -4.66. The summed E-state index contributed by atoms with van der Waals surface area (Å²) in [7, 11) is -8.47. The molecule has 6 aromatic carbocycles. The first-order valence-electron chi connectivity index (χ1n) is 13.2. The summed E-state index contributed by atoms with van der Waals surface area (Å²) in [5.74, 6) is 0.0893. The van der Waals surface area contributed by atoms with Crippen molar-refractivity contribution in [3.63, 3.8) is 0 Å². The average molecular weight is 595 g/mol. The summed E-state index contributed by atoms with van der Waals surface area (Å²) < 4.78 is 65.5. The molecule has 0 spiro atoms. The van der Waals surface area contributed by atoms with E-state index in [0.717, 1.165) is 21.9 Å². The molecular weight excluding hydrogens is 569 g/mol. The maximum atomic E-state index is 13.5. The molecular formula is C34H26O6S2. The van der Waals surface area contributed by atoms with Gasteiger partial charge in [-0.25, -0.2) is 0 Å². The Morgan fingerprint density at radius 1 is 0.429 bits per heavy atom. The van der Waals surface area contributed by atoms with Crippen LogP contribution in [0.5, 0.6) is 11.5 Å². The Labute approximate surface area is 245 Å². The minimum absolute atomic E-state index is 0.00329. The first-order valence-corrected chi connectivity index (χ1v) is 16.0. The number of hydrogen-bond donors (Lipinski definition) is 0. The number of fused-ring (bicyclic) bond motifs is 2. The van der Waals surface area contributed by atoms with Gasteiger partial charge in [-0.05, 0) is 71.8 Å². The van der Waals surface area contributed by atoms with Gasteiger partial charge in [0.1, 0.15) is 9.79 Å². The van der Waals surface area contributed by atoms with Crippen LogP contribution in [0.3, 0.4) is 0 Å². The summed E-state index contributed by atoms with van der Waals surface area (Å²) in [6, 6.07) is 34.4. The molecule has 0 heterocycles. The van der Waals surface area contributed by atoms with Crippen molar-refractivity contribution >= 4 is 41.8 Å². The highest BCUT2D eigenvalue weighted by Gasteiger charge is 2.26. The van der Waals surface area contributed by atoms with E-state index < -0.39 is 20.2 Å². The third-order valence-electron chi connectivity index (χ3n) is 7.05. The fourth-order valence-electron chi connectivity index (χ4n) is 4.90. The first-order chi connectivity index (χ1) is 20.1. The van der Waals surface area contributed by atoms with E-state index in [0.29, 0.717) is 21.9 Å². The van der Waals surface area contributed by atoms with Crippen LogP contribution in [0.15, 0.2) is 131 Å². The lowest BCUT2D eigenvalue weighted by atomic mass is 9.92. The van der Waals surface area contributed by atoms with Crippen molar-refractivity contribution in [2.45, 2.75) is 23.6 Å². The molecule has 8 heteroatoms. The van der Waals surface area contributed by atoms with Crippen LogP contribution >= 0.6 is 0 Å². The summed E-state index contributed by atoms with van der Waals surface area (Å²) in [5, 5.41) is 2.96. The second-order valence-electron chi connectivity index (χ2n) is 10.0. The second-order valence-corrected chi connectivity index (χ2v) is 13.1. The molecule has 6 aromatic rings. The quantitative estimate of drug-likeness (QED) is 0.175. The second kappa shape index (κ2) is 10.6. The van der Waals surface area contributed by atoms with Crippen LogP contribution in [-0.4, -0.2) is 16.8 Å². The summed E-state index contributed by atoms with van der Waals surface area (Å²) in [5.41, 5.74) is 2.62. The molecule has 6 rings (SSSR count). The minimum atomic E-state index is -4.24. The van der Waals surface area contributed by atoms with Crippen molar-refractivity contribution < 1.29 is 25.2 Å². The molecule has 0 bridgehead atoms. The monoisotopic (exact) mass is 594 g/mol. The molecule has 42 heavy (non-hydrogen) atoms. The molecule has 0 aromatic heterocycles. The highest BCUT2D eigenvalue weighted by molar-refractivity contribution is 7.87. The van der Waals surface area contributed by atoms with Crippen LogP contribution < -0.4 is 8.37 Å². The lowest BCUT2D eigenvalue weighted by Crippen LogP contribution is -2.12. The van der Waals surface area contributed by atoms with Crippen molar-refractivity contribution in [3.8, 4) is 22.6 Å².